The highest BCUT2D eigenvalue weighted by molar-refractivity contribution is 4.59. The van der Waals surface area contributed by atoms with E-state index in [2.05, 4.69) is 33.0 Å². The van der Waals surface area contributed by atoms with E-state index in [9.17, 15) is 0 Å². The molecule has 0 unspecified atom stereocenters. The van der Waals surface area contributed by atoms with Gasteiger partial charge in [0.25, 0.3) is 0 Å². The van der Waals surface area contributed by atoms with Gasteiger partial charge in [0, 0.05) is 0 Å². The van der Waals surface area contributed by atoms with E-state index in [-0.39, 0.29) is 0 Å². The molecule has 0 saturated heterocycles. The van der Waals surface area contributed by atoms with E-state index < -0.39 is 0 Å². The topological polar surface area (TPSA) is 12.0 Å². The van der Waals surface area contributed by atoms with Gasteiger partial charge in [-0.25, -0.2) is 0 Å². The first-order chi connectivity index (χ1) is 8.28. The van der Waals surface area contributed by atoms with Crippen LogP contribution < -0.4 is 5.32 Å². The number of hydrogen-bond acceptors (Lipinski definition) is 1. The van der Waals surface area contributed by atoms with Crippen molar-refractivity contribution in [1.29, 1.82) is 0 Å². The van der Waals surface area contributed by atoms with E-state index in [1.165, 1.54) is 64.5 Å². The van der Waals surface area contributed by atoms with Crippen molar-refractivity contribution in [3.05, 3.63) is 0 Å². The van der Waals surface area contributed by atoms with E-state index in [0.29, 0.717) is 0 Å². The van der Waals surface area contributed by atoms with Crippen LogP contribution in [0.25, 0.3) is 0 Å². The van der Waals surface area contributed by atoms with E-state index in [1.54, 1.807) is 0 Å². The molecule has 0 aromatic heterocycles. The van der Waals surface area contributed by atoms with Crippen LogP contribution >= 0.6 is 0 Å². The summed E-state index contributed by atoms with van der Waals surface area (Å²) in [4.78, 5) is 0. The van der Waals surface area contributed by atoms with Gasteiger partial charge in [-0.2, -0.15) is 0 Å². The zero-order valence-corrected chi connectivity index (χ0v) is 12.7. The largest absolute Gasteiger partial charge is 0.317 e. The summed E-state index contributed by atoms with van der Waals surface area (Å²) in [6, 6.07) is 0. The van der Waals surface area contributed by atoms with Gasteiger partial charge in [0.05, 0.1) is 0 Å². The number of rotatable bonds is 12. The Morgan fingerprint density at radius 3 is 1.29 bits per heavy atom. The summed E-state index contributed by atoms with van der Waals surface area (Å²) >= 11 is 0. The highest BCUT2D eigenvalue weighted by Gasteiger charge is 2.03. The second kappa shape index (κ2) is 12.4. The van der Waals surface area contributed by atoms with Crippen LogP contribution in [-0.4, -0.2) is 13.1 Å². The molecule has 1 N–H and O–H groups in total. The minimum atomic E-state index is 0.960. The molecule has 17 heavy (non-hydrogen) atoms. The molecule has 0 radical (unpaired) electrons. The number of hydrogen-bond donors (Lipinski definition) is 1. The van der Waals surface area contributed by atoms with Crippen molar-refractivity contribution < 1.29 is 0 Å². The van der Waals surface area contributed by atoms with Crippen molar-refractivity contribution in [2.24, 2.45) is 11.8 Å². The van der Waals surface area contributed by atoms with Crippen molar-refractivity contribution in [3.8, 4) is 0 Å². The Morgan fingerprint density at radius 1 is 0.647 bits per heavy atom. The Bertz CT molecular complexity index is 120. The van der Waals surface area contributed by atoms with Gasteiger partial charge >= 0.3 is 0 Å². The minimum Gasteiger partial charge on any atom is -0.317 e. The second-order valence-electron chi connectivity index (χ2n) is 5.40. The van der Waals surface area contributed by atoms with Crippen molar-refractivity contribution in [1.82, 2.24) is 5.32 Å². The van der Waals surface area contributed by atoms with Gasteiger partial charge in [-0.3, -0.25) is 0 Å². The van der Waals surface area contributed by atoms with E-state index in [1.807, 2.05) is 0 Å². The molecular formula is C16H35N. The van der Waals surface area contributed by atoms with Gasteiger partial charge < -0.3 is 5.32 Å². The lowest BCUT2D eigenvalue weighted by Gasteiger charge is -2.13. The van der Waals surface area contributed by atoms with Crippen molar-refractivity contribution in [2.45, 2.75) is 79.1 Å². The molecule has 0 aliphatic carbocycles. The first-order valence-corrected chi connectivity index (χ1v) is 7.99. The molecule has 0 aromatic carbocycles. The molecule has 0 atom stereocenters. The van der Waals surface area contributed by atoms with E-state index in [4.69, 9.17) is 0 Å². The minimum absolute atomic E-state index is 0.960. The quantitative estimate of drug-likeness (QED) is 0.474. The van der Waals surface area contributed by atoms with Crippen LogP contribution in [0.3, 0.4) is 0 Å². The molecular weight excluding hydrogens is 206 g/mol. The molecule has 0 aliphatic rings. The summed E-state index contributed by atoms with van der Waals surface area (Å²) in [6.07, 6.45) is 10.9. The van der Waals surface area contributed by atoms with Gasteiger partial charge in [0.2, 0.25) is 0 Å². The summed E-state index contributed by atoms with van der Waals surface area (Å²) in [5.74, 6) is 1.92. The molecule has 0 aliphatic heterocycles. The maximum Gasteiger partial charge on any atom is -0.00488 e. The predicted molar refractivity (Wildman–Crippen MR) is 79.5 cm³/mol. The van der Waals surface area contributed by atoms with Gasteiger partial charge in [-0.15, -0.1) is 0 Å². The van der Waals surface area contributed by atoms with Crippen molar-refractivity contribution >= 4 is 0 Å². The van der Waals surface area contributed by atoms with E-state index >= 15 is 0 Å². The third-order valence-corrected chi connectivity index (χ3v) is 4.24. The fourth-order valence-corrected chi connectivity index (χ4v) is 2.55. The molecule has 1 heteroatoms. The monoisotopic (exact) mass is 241 g/mol. The molecule has 104 valence electrons. The molecule has 0 heterocycles. The summed E-state index contributed by atoms with van der Waals surface area (Å²) in [5, 5.41) is 3.59. The van der Waals surface area contributed by atoms with Crippen molar-refractivity contribution in [3.63, 3.8) is 0 Å². The predicted octanol–water partition coefficient (Wildman–Crippen LogP) is 5.01. The van der Waals surface area contributed by atoms with Crippen LogP contribution in [0.4, 0.5) is 0 Å². The smallest absolute Gasteiger partial charge is 0.00488 e. The second-order valence-corrected chi connectivity index (χ2v) is 5.40. The normalized spacial score (nSPS) is 11.6. The van der Waals surface area contributed by atoms with Gasteiger partial charge in [-0.05, 0) is 50.6 Å². The summed E-state index contributed by atoms with van der Waals surface area (Å²) in [6.45, 7) is 11.7. The third kappa shape index (κ3) is 9.64. The van der Waals surface area contributed by atoms with Crippen LogP contribution in [0.15, 0.2) is 0 Å². The first-order valence-electron chi connectivity index (χ1n) is 7.99. The Morgan fingerprint density at radius 2 is 1.00 bits per heavy atom. The fraction of sp³-hybridized carbons (Fsp3) is 1.00. The lowest BCUT2D eigenvalue weighted by molar-refractivity contribution is 0.416. The maximum absolute atomic E-state index is 3.59. The summed E-state index contributed by atoms with van der Waals surface area (Å²) in [5.41, 5.74) is 0. The number of nitrogens with one attached hydrogen (secondary N) is 1. The first kappa shape index (κ1) is 17.0. The molecule has 0 saturated carbocycles. The average Bonchev–Trinajstić information content (AvgIpc) is 2.37. The van der Waals surface area contributed by atoms with Gasteiger partial charge in [0.15, 0.2) is 0 Å². The third-order valence-electron chi connectivity index (χ3n) is 4.24. The Labute approximate surface area is 110 Å². The molecule has 0 spiro atoms. The molecule has 0 aromatic rings. The van der Waals surface area contributed by atoms with E-state index in [0.717, 1.165) is 11.8 Å². The Balaban J connectivity index is 3.23. The zero-order valence-electron chi connectivity index (χ0n) is 12.7. The zero-order chi connectivity index (χ0) is 12.9. The lowest BCUT2D eigenvalue weighted by atomic mass is 9.97. The van der Waals surface area contributed by atoms with Gasteiger partial charge in [-0.1, -0.05) is 53.4 Å². The van der Waals surface area contributed by atoms with Crippen LogP contribution in [0.5, 0.6) is 0 Å². The van der Waals surface area contributed by atoms with Gasteiger partial charge in [0.1, 0.15) is 0 Å². The Hall–Kier alpha value is -0.0400. The van der Waals surface area contributed by atoms with Crippen LogP contribution in [0.2, 0.25) is 0 Å². The molecule has 0 bridgehead atoms. The van der Waals surface area contributed by atoms with Crippen molar-refractivity contribution in [2.75, 3.05) is 13.1 Å². The van der Waals surface area contributed by atoms with Crippen LogP contribution in [0.1, 0.15) is 79.1 Å². The maximum atomic E-state index is 3.59. The highest BCUT2D eigenvalue weighted by Crippen LogP contribution is 2.15. The standard InChI is InChI=1S/C16H35N/c1-5-15(6-2)11-9-13-17-14-10-12-16(7-3)8-4/h15-17H,5-14H2,1-4H3. The summed E-state index contributed by atoms with van der Waals surface area (Å²) in [7, 11) is 0. The van der Waals surface area contributed by atoms with Crippen LogP contribution in [0, 0.1) is 11.8 Å². The molecule has 0 rings (SSSR count). The molecule has 0 amide bonds. The van der Waals surface area contributed by atoms with Crippen LogP contribution in [-0.2, 0) is 0 Å². The fourth-order valence-electron chi connectivity index (χ4n) is 2.55. The Kier molecular flexibility index (Phi) is 12.4. The molecule has 0 fully saturated rings. The average molecular weight is 241 g/mol. The molecule has 1 nitrogen and oxygen atoms in total. The SMILES string of the molecule is CCC(CC)CCCNCCCC(CC)CC. The highest BCUT2D eigenvalue weighted by atomic mass is 14.8. The lowest BCUT2D eigenvalue weighted by Crippen LogP contribution is -2.18. The summed E-state index contributed by atoms with van der Waals surface area (Å²) < 4.78 is 0.